The third-order valence-electron chi connectivity index (χ3n) is 2.75. The largest absolute Gasteiger partial charge is 0.461 e. The van der Waals surface area contributed by atoms with E-state index in [0.29, 0.717) is 19.3 Å². The van der Waals surface area contributed by atoms with E-state index in [4.69, 9.17) is 10.5 Å². The third kappa shape index (κ3) is 2.58. The molecule has 2 rings (SSSR count). The van der Waals surface area contributed by atoms with Gasteiger partial charge >= 0.3 is 5.97 Å². The van der Waals surface area contributed by atoms with Crippen LogP contribution in [0.1, 0.15) is 18.4 Å². The van der Waals surface area contributed by atoms with E-state index in [1.54, 1.807) is 6.07 Å². The van der Waals surface area contributed by atoms with Crippen LogP contribution in [0, 0.1) is 5.82 Å². The molecule has 2 N–H and O–H groups in total. The van der Waals surface area contributed by atoms with Crippen molar-refractivity contribution in [3.05, 3.63) is 35.6 Å². The maximum absolute atomic E-state index is 12.9. The predicted octanol–water partition coefficient (Wildman–Crippen LogP) is 1.40. The highest BCUT2D eigenvalue weighted by atomic mass is 19.1. The Kier molecular flexibility index (Phi) is 3.19. The number of ether oxygens (including phenoxy) is 1. The van der Waals surface area contributed by atoms with Crippen molar-refractivity contribution in [2.45, 2.75) is 31.4 Å². The summed E-state index contributed by atoms with van der Waals surface area (Å²) in [6.45, 7) is 0. The minimum absolute atomic E-state index is 0.195. The minimum Gasteiger partial charge on any atom is -0.461 e. The molecule has 1 heterocycles. The van der Waals surface area contributed by atoms with Crippen molar-refractivity contribution in [1.82, 2.24) is 0 Å². The molecule has 1 aromatic rings. The first kappa shape index (κ1) is 11.1. The van der Waals surface area contributed by atoms with E-state index in [2.05, 4.69) is 0 Å². The molecule has 1 aliphatic rings. The molecule has 86 valence electrons. The molecule has 1 aliphatic heterocycles. The van der Waals surface area contributed by atoms with Crippen molar-refractivity contribution in [3.63, 3.8) is 0 Å². The van der Waals surface area contributed by atoms with E-state index >= 15 is 0 Å². The number of hydrogen-bond donors (Lipinski definition) is 1. The van der Waals surface area contributed by atoms with Gasteiger partial charge in [-0.25, -0.2) is 4.39 Å². The second-order valence-corrected chi connectivity index (χ2v) is 4.06. The van der Waals surface area contributed by atoms with Crippen LogP contribution in [-0.4, -0.2) is 18.1 Å². The highest BCUT2D eigenvalue weighted by Crippen LogP contribution is 2.18. The highest BCUT2D eigenvalue weighted by molar-refractivity contribution is 5.71. The molecular formula is C12H14FNO2. The number of rotatable bonds is 3. The number of cyclic esters (lactones) is 1. The summed E-state index contributed by atoms with van der Waals surface area (Å²) in [6.07, 6.45) is 1.39. The Morgan fingerprint density at radius 1 is 1.56 bits per heavy atom. The van der Waals surface area contributed by atoms with Gasteiger partial charge in [-0.2, -0.15) is 0 Å². The molecule has 1 fully saturated rings. The van der Waals surface area contributed by atoms with E-state index in [0.717, 1.165) is 5.56 Å². The quantitative estimate of drug-likeness (QED) is 0.788. The van der Waals surface area contributed by atoms with Crippen LogP contribution in [0.3, 0.4) is 0 Å². The lowest BCUT2D eigenvalue weighted by Crippen LogP contribution is -2.36. The average Bonchev–Trinajstić information content (AvgIpc) is 2.65. The molecule has 4 heteroatoms. The summed E-state index contributed by atoms with van der Waals surface area (Å²) in [5.41, 5.74) is 6.75. The van der Waals surface area contributed by atoms with Crippen molar-refractivity contribution >= 4 is 5.97 Å². The molecule has 2 atom stereocenters. The molecule has 0 saturated carbocycles. The van der Waals surface area contributed by atoms with Gasteiger partial charge in [-0.15, -0.1) is 0 Å². The van der Waals surface area contributed by atoms with Crippen molar-refractivity contribution in [2.24, 2.45) is 5.73 Å². The van der Waals surface area contributed by atoms with Gasteiger partial charge in [-0.05, 0) is 30.5 Å². The maximum Gasteiger partial charge on any atom is 0.306 e. The van der Waals surface area contributed by atoms with Crippen LogP contribution in [0.5, 0.6) is 0 Å². The molecule has 3 nitrogen and oxygen atoms in total. The molecule has 0 amide bonds. The Morgan fingerprint density at radius 3 is 3.00 bits per heavy atom. The van der Waals surface area contributed by atoms with E-state index < -0.39 is 0 Å². The van der Waals surface area contributed by atoms with Crippen LogP contribution in [0.4, 0.5) is 4.39 Å². The zero-order valence-electron chi connectivity index (χ0n) is 8.86. The summed E-state index contributed by atoms with van der Waals surface area (Å²) >= 11 is 0. The third-order valence-corrected chi connectivity index (χ3v) is 2.75. The van der Waals surface area contributed by atoms with Crippen molar-refractivity contribution in [2.75, 3.05) is 0 Å². The lowest BCUT2D eigenvalue weighted by Gasteiger charge is -2.17. The van der Waals surface area contributed by atoms with Gasteiger partial charge in [0.25, 0.3) is 0 Å². The number of hydrogen-bond acceptors (Lipinski definition) is 3. The fourth-order valence-electron chi connectivity index (χ4n) is 1.92. The first-order valence-electron chi connectivity index (χ1n) is 5.34. The molecule has 0 aliphatic carbocycles. The van der Waals surface area contributed by atoms with E-state index in [1.165, 1.54) is 12.1 Å². The average molecular weight is 223 g/mol. The molecule has 1 saturated heterocycles. The van der Waals surface area contributed by atoms with Gasteiger partial charge in [-0.3, -0.25) is 4.79 Å². The zero-order chi connectivity index (χ0) is 11.5. The predicted molar refractivity (Wildman–Crippen MR) is 57.2 cm³/mol. The van der Waals surface area contributed by atoms with Crippen LogP contribution in [-0.2, 0) is 16.0 Å². The Hall–Kier alpha value is -1.42. The summed E-state index contributed by atoms with van der Waals surface area (Å²) in [6, 6.07) is 6.06. The van der Waals surface area contributed by atoms with E-state index in [1.807, 2.05) is 6.07 Å². The molecule has 0 spiro atoms. The molecule has 0 bridgehead atoms. The van der Waals surface area contributed by atoms with Crippen LogP contribution < -0.4 is 5.73 Å². The highest BCUT2D eigenvalue weighted by Gasteiger charge is 2.28. The zero-order valence-corrected chi connectivity index (χ0v) is 8.86. The fraction of sp³-hybridized carbons (Fsp3) is 0.417. The number of carbonyl (C=O) groups is 1. The van der Waals surface area contributed by atoms with Crippen molar-refractivity contribution < 1.29 is 13.9 Å². The SMILES string of the molecule is NC(Cc1cccc(F)c1)[C@@H]1CCC(=O)O1. The van der Waals surface area contributed by atoms with Gasteiger partial charge in [0.05, 0.1) is 0 Å². The molecule has 0 radical (unpaired) electrons. The number of nitrogens with two attached hydrogens (primary N) is 1. The second kappa shape index (κ2) is 4.61. The van der Waals surface area contributed by atoms with Crippen LogP contribution in [0.25, 0.3) is 0 Å². The lowest BCUT2D eigenvalue weighted by molar-refractivity contribution is -0.142. The van der Waals surface area contributed by atoms with Gasteiger partial charge < -0.3 is 10.5 Å². The molecule has 1 unspecified atom stereocenters. The first-order valence-corrected chi connectivity index (χ1v) is 5.34. The Balaban J connectivity index is 1.96. The van der Waals surface area contributed by atoms with Gasteiger partial charge in [0.1, 0.15) is 11.9 Å². The standard InChI is InChI=1S/C12H14FNO2/c13-9-3-1-2-8(6-9)7-10(14)11-4-5-12(15)16-11/h1-3,6,10-11H,4-5,7,14H2/t10?,11-/m0/s1. The smallest absolute Gasteiger partial charge is 0.306 e. The number of carbonyl (C=O) groups excluding carboxylic acids is 1. The van der Waals surface area contributed by atoms with E-state index in [9.17, 15) is 9.18 Å². The summed E-state index contributed by atoms with van der Waals surface area (Å²) in [5, 5.41) is 0. The van der Waals surface area contributed by atoms with E-state index in [-0.39, 0.29) is 23.9 Å². The topological polar surface area (TPSA) is 52.3 Å². The Labute approximate surface area is 93.4 Å². The lowest BCUT2D eigenvalue weighted by atomic mass is 10.0. The molecule has 1 aromatic carbocycles. The Bertz CT molecular complexity index is 394. The normalized spacial score (nSPS) is 21.9. The summed E-state index contributed by atoms with van der Waals surface area (Å²) in [7, 11) is 0. The molecule has 0 aromatic heterocycles. The summed E-state index contributed by atoms with van der Waals surface area (Å²) in [4.78, 5) is 10.9. The van der Waals surface area contributed by atoms with Crippen LogP contribution in [0.15, 0.2) is 24.3 Å². The fourth-order valence-corrected chi connectivity index (χ4v) is 1.92. The van der Waals surface area contributed by atoms with Gasteiger partial charge in [0.15, 0.2) is 0 Å². The number of benzene rings is 1. The summed E-state index contributed by atoms with van der Waals surface area (Å²) in [5.74, 6) is -0.465. The first-order chi connectivity index (χ1) is 7.65. The maximum atomic E-state index is 12.9. The number of esters is 1. The molecule has 16 heavy (non-hydrogen) atoms. The van der Waals surface area contributed by atoms with Gasteiger partial charge in [-0.1, -0.05) is 12.1 Å². The van der Waals surface area contributed by atoms with Gasteiger partial charge in [0.2, 0.25) is 0 Å². The van der Waals surface area contributed by atoms with Gasteiger partial charge in [0, 0.05) is 12.5 Å². The minimum atomic E-state index is -0.270. The van der Waals surface area contributed by atoms with Crippen molar-refractivity contribution in [1.29, 1.82) is 0 Å². The Morgan fingerprint density at radius 2 is 2.38 bits per heavy atom. The summed E-state index contributed by atoms with van der Waals surface area (Å²) < 4.78 is 18.0. The van der Waals surface area contributed by atoms with Crippen LogP contribution >= 0.6 is 0 Å². The number of halogens is 1. The molecular weight excluding hydrogens is 209 g/mol. The second-order valence-electron chi connectivity index (χ2n) is 4.06. The van der Waals surface area contributed by atoms with Crippen LogP contribution in [0.2, 0.25) is 0 Å². The monoisotopic (exact) mass is 223 g/mol. The van der Waals surface area contributed by atoms with Crippen molar-refractivity contribution in [3.8, 4) is 0 Å².